The fourth-order valence-corrected chi connectivity index (χ4v) is 3.12. The zero-order valence-electron chi connectivity index (χ0n) is 13.5. The number of halogens is 2. The Labute approximate surface area is 146 Å². The second-order valence-corrected chi connectivity index (χ2v) is 6.05. The summed E-state index contributed by atoms with van der Waals surface area (Å²) in [6.45, 7) is 3.95. The molecule has 0 aromatic heterocycles. The summed E-state index contributed by atoms with van der Waals surface area (Å²) in [6.07, 6.45) is 7.25. The summed E-state index contributed by atoms with van der Waals surface area (Å²) in [5.74, 6) is 0.130. The van der Waals surface area contributed by atoms with Crippen LogP contribution in [0.2, 0.25) is 0 Å². The van der Waals surface area contributed by atoms with E-state index in [0.29, 0.717) is 19.1 Å². The molecule has 1 unspecified atom stereocenters. The van der Waals surface area contributed by atoms with E-state index in [1.165, 1.54) is 32.1 Å². The number of rotatable bonds is 6. The minimum Gasteiger partial charge on any atom is -0.378 e. The molecule has 1 aliphatic carbocycles. The molecule has 2 N–H and O–H groups in total. The second-order valence-electron chi connectivity index (χ2n) is 6.05. The van der Waals surface area contributed by atoms with Crippen molar-refractivity contribution in [3.8, 4) is 0 Å². The molecule has 2 fully saturated rings. The number of nitrogens with zero attached hydrogens (tertiary/aromatic N) is 1. The molecule has 22 heavy (non-hydrogen) atoms. The molecule has 1 saturated carbocycles. The minimum atomic E-state index is 0. The van der Waals surface area contributed by atoms with Crippen LogP contribution >= 0.6 is 24.8 Å². The number of amides is 1. The van der Waals surface area contributed by atoms with Crippen LogP contribution < -0.4 is 10.6 Å². The van der Waals surface area contributed by atoms with Crippen molar-refractivity contribution in [3.63, 3.8) is 0 Å². The van der Waals surface area contributed by atoms with Crippen LogP contribution in [0.25, 0.3) is 0 Å². The Kier molecular flexibility index (Phi) is 12.3. The zero-order chi connectivity index (χ0) is 14.2. The van der Waals surface area contributed by atoms with Gasteiger partial charge in [-0.15, -0.1) is 24.8 Å². The Hall–Kier alpha value is -0.0700. The van der Waals surface area contributed by atoms with Crippen LogP contribution in [0.1, 0.15) is 38.5 Å². The van der Waals surface area contributed by atoms with Gasteiger partial charge in [0.05, 0.1) is 13.2 Å². The highest BCUT2D eigenvalue weighted by Crippen LogP contribution is 2.21. The largest absolute Gasteiger partial charge is 0.378 e. The van der Waals surface area contributed by atoms with E-state index in [1.54, 1.807) is 0 Å². The normalized spacial score (nSPS) is 22.5. The second kappa shape index (κ2) is 12.4. The molecule has 1 aliphatic heterocycles. The first-order valence-corrected chi connectivity index (χ1v) is 8.04. The predicted octanol–water partition coefficient (Wildman–Crippen LogP) is 1.59. The maximum absolute atomic E-state index is 11.8. The van der Waals surface area contributed by atoms with Gasteiger partial charge < -0.3 is 20.3 Å². The highest BCUT2D eigenvalue weighted by atomic mass is 35.5. The van der Waals surface area contributed by atoms with Crippen LogP contribution in [0.15, 0.2) is 0 Å². The lowest BCUT2D eigenvalue weighted by atomic mass is 9.94. The number of carbonyl (C=O) groups is 1. The molecular formula is C15H31Cl2N3O2. The first-order chi connectivity index (χ1) is 9.75. The van der Waals surface area contributed by atoms with Crippen molar-refractivity contribution in [3.05, 3.63) is 0 Å². The molecule has 132 valence electrons. The SMILES string of the molecule is CN(CCNC(=O)CC1COCCN1)C1CCCCC1.Cl.Cl. The minimum absolute atomic E-state index is 0. The molecule has 1 heterocycles. The molecule has 2 rings (SSSR count). The number of nitrogens with one attached hydrogen (secondary N) is 2. The van der Waals surface area contributed by atoms with E-state index < -0.39 is 0 Å². The van der Waals surface area contributed by atoms with E-state index in [0.717, 1.165) is 26.2 Å². The first-order valence-electron chi connectivity index (χ1n) is 8.04. The van der Waals surface area contributed by atoms with Gasteiger partial charge in [-0.3, -0.25) is 4.79 Å². The summed E-state index contributed by atoms with van der Waals surface area (Å²) < 4.78 is 5.35. The van der Waals surface area contributed by atoms with Crippen molar-refractivity contribution >= 4 is 30.7 Å². The molecule has 0 radical (unpaired) electrons. The Bertz CT molecular complexity index is 297. The van der Waals surface area contributed by atoms with E-state index >= 15 is 0 Å². The number of morpholine rings is 1. The van der Waals surface area contributed by atoms with Gasteiger partial charge in [-0.05, 0) is 19.9 Å². The van der Waals surface area contributed by atoms with Crippen molar-refractivity contribution in [1.29, 1.82) is 0 Å². The molecule has 0 bridgehead atoms. The number of ether oxygens (including phenoxy) is 1. The van der Waals surface area contributed by atoms with Gasteiger partial charge in [0, 0.05) is 38.1 Å². The monoisotopic (exact) mass is 355 g/mol. The number of carbonyl (C=O) groups excluding carboxylic acids is 1. The summed E-state index contributed by atoms with van der Waals surface area (Å²) in [7, 11) is 2.18. The van der Waals surface area contributed by atoms with Gasteiger partial charge in [0.25, 0.3) is 0 Å². The predicted molar refractivity (Wildman–Crippen MR) is 94.2 cm³/mol. The van der Waals surface area contributed by atoms with E-state index in [9.17, 15) is 4.79 Å². The van der Waals surface area contributed by atoms with Crippen molar-refractivity contribution in [1.82, 2.24) is 15.5 Å². The summed E-state index contributed by atoms with van der Waals surface area (Å²) in [6, 6.07) is 0.897. The lowest BCUT2D eigenvalue weighted by molar-refractivity contribution is -0.122. The molecule has 1 saturated heterocycles. The van der Waals surface area contributed by atoms with Crippen molar-refractivity contribution in [2.45, 2.75) is 50.6 Å². The van der Waals surface area contributed by atoms with Crippen LogP contribution in [-0.2, 0) is 9.53 Å². The number of hydrogen-bond acceptors (Lipinski definition) is 4. The van der Waals surface area contributed by atoms with Crippen LogP contribution in [0.5, 0.6) is 0 Å². The van der Waals surface area contributed by atoms with Crippen molar-refractivity contribution in [2.75, 3.05) is 39.9 Å². The fourth-order valence-electron chi connectivity index (χ4n) is 3.12. The molecule has 2 aliphatic rings. The van der Waals surface area contributed by atoms with E-state index in [2.05, 4.69) is 22.6 Å². The molecule has 1 amide bonds. The molecule has 1 atom stereocenters. The fraction of sp³-hybridized carbons (Fsp3) is 0.933. The third kappa shape index (κ3) is 7.97. The number of hydrogen-bond donors (Lipinski definition) is 2. The third-order valence-corrected chi connectivity index (χ3v) is 4.41. The standard InChI is InChI=1S/C15H29N3O2.2ClH/c1-18(14-5-3-2-4-6-14)9-7-17-15(19)11-13-12-20-10-8-16-13;;/h13-14,16H,2-12H2,1H3,(H,17,19);2*1H. The summed E-state index contributed by atoms with van der Waals surface area (Å²) in [4.78, 5) is 14.2. The van der Waals surface area contributed by atoms with Crippen molar-refractivity contribution < 1.29 is 9.53 Å². The summed E-state index contributed by atoms with van der Waals surface area (Å²) in [5, 5.41) is 6.33. The van der Waals surface area contributed by atoms with Gasteiger partial charge in [0.15, 0.2) is 0 Å². The van der Waals surface area contributed by atoms with Gasteiger partial charge in [-0.25, -0.2) is 0 Å². The van der Waals surface area contributed by atoms with E-state index in [4.69, 9.17) is 4.74 Å². The Morgan fingerprint density at radius 1 is 1.27 bits per heavy atom. The molecule has 5 nitrogen and oxygen atoms in total. The highest BCUT2D eigenvalue weighted by molar-refractivity contribution is 5.85. The maximum atomic E-state index is 11.8. The Balaban J connectivity index is 0.00000220. The average Bonchev–Trinajstić information content (AvgIpc) is 2.49. The van der Waals surface area contributed by atoms with Crippen LogP contribution in [0.4, 0.5) is 0 Å². The van der Waals surface area contributed by atoms with Gasteiger partial charge in [-0.1, -0.05) is 19.3 Å². The average molecular weight is 356 g/mol. The van der Waals surface area contributed by atoms with Crippen LogP contribution in [0, 0.1) is 0 Å². The van der Waals surface area contributed by atoms with Gasteiger partial charge in [0.1, 0.15) is 0 Å². The topological polar surface area (TPSA) is 53.6 Å². The van der Waals surface area contributed by atoms with Gasteiger partial charge >= 0.3 is 0 Å². The molecule has 7 heteroatoms. The molecule has 0 spiro atoms. The third-order valence-electron chi connectivity index (χ3n) is 4.41. The van der Waals surface area contributed by atoms with Gasteiger partial charge in [0.2, 0.25) is 5.91 Å². The van der Waals surface area contributed by atoms with Crippen LogP contribution in [-0.4, -0.2) is 62.8 Å². The van der Waals surface area contributed by atoms with E-state index in [1.807, 2.05) is 0 Å². The maximum Gasteiger partial charge on any atom is 0.221 e. The quantitative estimate of drug-likeness (QED) is 0.759. The summed E-state index contributed by atoms with van der Waals surface area (Å²) in [5.41, 5.74) is 0. The zero-order valence-corrected chi connectivity index (χ0v) is 15.1. The molecule has 0 aromatic carbocycles. The smallest absolute Gasteiger partial charge is 0.221 e. The number of likely N-dealkylation sites (N-methyl/N-ethyl adjacent to an activating group) is 1. The van der Waals surface area contributed by atoms with E-state index in [-0.39, 0.29) is 36.8 Å². The Morgan fingerprint density at radius 2 is 2.00 bits per heavy atom. The lowest BCUT2D eigenvalue weighted by Crippen LogP contribution is -2.45. The molecule has 0 aromatic rings. The first kappa shape index (κ1) is 21.9. The lowest BCUT2D eigenvalue weighted by Gasteiger charge is -2.31. The summed E-state index contributed by atoms with van der Waals surface area (Å²) >= 11 is 0. The Morgan fingerprint density at radius 3 is 2.64 bits per heavy atom. The van der Waals surface area contributed by atoms with Crippen LogP contribution in [0.3, 0.4) is 0 Å². The molecular weight excluding hydrogens is 325 g/mol. The van der Waals surface area contributed by atoms with Crippen molar-refractivity contribution in [2.24, 2.45) is 0 Å². The van der Waals surface area contributed by atoms with Gasteiger partial charge in [-0.2, -0.15) is 0 Å². The highest BCUT2D eigenvalue weighted by Gasteiger charge is 2.19.